The predicted molar refractivity (Wildman–Crippen MR) is 192 cm³/mol. The van der Waals surface area contributed by atoms with Crippen LogP contribution >= 0.6 is 0 Å². The number of pyridine rings is 1. The van der Waals surface area contributed by atoms with Crippen molar-refractivity contribution in [2.24, 2.45) is 0 Å². The van der Waals surface area contributed by atoms with Crippen LogP contribution in [0.4, 0.5) is 5.69 Å². The van der Waals surface area contributed by atoms with E-state index in [0.717, 1.165) is 52.5 Å². The molecule has 0 unspecified atom stereocenters. The predicted octanol–water partition coefficient (Wildman–Crippen LogP) is 8.03. The second kappa shape index (κ2) is 17.8. The lowest BCUT2D eigenvalue weighted by Gasteiger charge is -2.11. The van der Waals surface area contributed by atoms with Gasteiger partial charge in [-0.3, -0.25) is 14.3 Å². The molecule has 8 nitrogen and oxygen atoms in total. The summed E-state index contributed by atoms with van der Waals surface area (Å²) in [6.07, 6.45) is 21.8. The van der Waals surface area contributed by atoms with Crippen molar-refractivity contribution in [1.29, 1.82) is 5.41 Å². The number of nitrogens with one attached hydrogen (secondary N) is 3. The SMILES string of the molecule is CC.CNC/C=C/c1cccnc1.N=C/C=C\C=C\c1ncc(NCc2ccc3oc4ccccc4c3c2)c(=O)n1CC=C1CC1. The van der Waals surface area contributed by atoms with Crippen LogP contribution in [0.2, 0.25) is 0 Å². The highest BCUT2D eigenvalue weighted by Crippen LogP contribution is 2.29. The molecule has 5 aromatic rings. The monoisotopic (exact) mass is 614 g/mol. The van der Waals surface area contributed by atoms with E-state index in [9.17, 15) is 4.79 Å². The highest BCUT2D eigenvalue weighted by Gasteiger charge is 2.13. The van der Waals surface area contributed by atoms with Crippen LogP contribution in [0.25, 0.3) is 34.1 Å². The van der Waals surface area contributed by atoms with Gasteiger partial charge < -0.3 is 20.5 Å². The van der Waals surface area contributed by atoms with Gasteiger partial charge in [0.05, 0.1) is 6.20 Å². The van der Waals surface area contributed by atoms with Crippen molar-refractivity contribution < 1.29 is 4.42 Å². The number of allylic oxidation sites excluding steroid dienone is 5. The number of anilines is 1. The van der Waals surface area contributed by atoms with Gasteiger partial charge in [-0.1, -0.05) is 80.1 Å². The Hall–Kier alpha value is -5.34. The van der Waals surface area contributed by atoms with Gasteiger partial charge in [-0.2, -0.15) is 0 Å². The summed E-state index contributed by atoms with van der Waals surface area (Å²) in [4.78, 5) is 21.7. The van der Waals surface area contributed by atoms with E-state index in [2.05, 4.69) is 44.9 Å². The van der Waals surface area contributed by atoms with Crippen LogP contribution in [0.3, 0.4) is 0 Å². The molecule has 1 aliphatic rings. The van der Waals surface area contributed by atoms with Gasteiger partial charge >= 0.3 is 0 Å². The standard InChI is InChI=1S/C27H24N4O2.C9H12N2.C2H6/c28-14-5-1-2-8-26-30-18-23(27(32)31(26)15-13-19-9-10-19)29-17-20-11-12-25-22(16-20)21-6-3-4-7-24(21)33-25;1-10-6-2-4-9-5-3-7-11-8-9;1-2/h1-8,11-14,16,18,28-29H,9-10,15,17H2;2-5,7-8,10H,6H2,1H3;1-2H3/b5-1-,8-2+,28-14?;4-2+;. The molecule has 0 amide bonds. The zero-order chi connectivity index (χ0) is 32.6. The third-order valence-corrected chi connectivity index (χ3v) is 6.98. The molecule has 3 N–H and O–H groups in total. The lowest BCUT2D eigenvalue weighted by molar-refractivity contribution is 0.669. The number of furan rings is 1. The molecule has 46 heavy (non-hydrogen) atoms. The Balaban J connectivity index is 0.000000312. The molecule has 2 aromatic carbocycles. The molecule has 0 bridgehead atoms. The van der Waals surface area contributed by atoms with Crippen molar-refractivity contribution >= 4 is 46.0 Å². The number of hydrogen-bond donors (Lipinski definition) is 3. The van der Waals surface area contributed by atoms with E-state index < -0.39 is 0 Å². The first-order valence-electron chi connectivity index (χ1n) is 15.6. The number of benzene rings is 2. The molecule has 0 aliphatic heterocycles. The largest absolute Gasteiger partial charge is 0.456 e. The van der Waals surface area contributed by atoms with E-state index in [1.54, 1.807) is 41.3 Å². The molecule has 0 radical (unpaired) electrons. The van der Waals surface area contributed by atoms with E-state index in [-0.39, 0.29) is 5.56 Å². The summed E-state index contributed by atoms with van der Waals surface area (Å²) in [5.74, 6) is 0.587. The highest BCUT2D eigenvalue weighted by molar-refractivity contribution is 6.05. The molecule has 3 heterocycles. The van der Waals surface area contributed by atoms with Gasteiger partial charge in [-0.05, 0) is 67.4 Å². The maximum atomic E-state index is 13.2. The molecule has 0 saturated heterocycles. The van der Waals surface area contributed by atoms with Crippen molar-refractivity contribution in [1.82, 2.24) is 19.9 Å². The third-order valence-electron chi connectivity index (χ3n) is 6.98. The Morgan fingerprint density at radius 1 is 0.957 bits per heavy atom. The van der Waals surface area contributed by atoms with Crippen LogP contribution in [-0.2, 0) is 13.1 Å². The molecule has 236 valence electrons. The summed E-state index contributed by atoms with van der Waals surface area (Å²) in [5.41, 5.74) is 5.66. The van der Waals surface area contributed by atoms with Crippen LogP contribution in [-0.4, -0.2) is 34.3 Å². The van der Waals surface area contributed by atoms with Gasteiger partial charge in [0.15, 0.2) is 0 Å². The van der Waals surface area contributed by atoms with E-state index >= 15 is 0 Å². The second-order valence-electron chi connectivity index (χ2n) is 10.2. The summed E-state index contributed by atoms with van der Waals surface area (Å²) in [6, 6.07) is 18.0. The average molecular weight is 615 g/mol. The fourth-order valence-corrected chi connectivity index (χ4v) is 4.56. The normalized spacial score (nSPS) is 12.3. The van der Waals surface area contributed by atoms with E-state index in [0.29, 0.717) is 24.6 Å². The number of aromatic nitrogens is 3. The first-order chi connectivity index (χ1) is 22.7. The summed E-state index contributed by atoms with van der Waals surface area (Å²) in [5, 5.41) is 15.5. The van der Waals surface area contributed by atoms with Gasteiger partial charge in [0.2, 0.25) is 0 Å². The van der Waals surface area contributed by atoms with Crippen LogP contribution in [0, 0.1) is 5.41 Å². The van der Waals surface area contributed by atoms with Crippen molar-refractivity contribution in [2.45, 2.75) is 39.8 Å². The van der Waals surface area contributed by atoms with Gasteiger partial charge in [-0.15, -0.1) is 0 Å². The van der Waals surface area contributed by atoms with Gasteiger partial charge in [-0.25, -0.2) is 4.98 Å². The molecule has 8 heteroatoms. The van der Waals surface area contributed by atoms with Crippen molar-refractivity contribution in [2.75, 3.05) is 18.9 Å². The maximum absolute atomic E-state index is 13.2. The fraction of sp³-hybridized carbons (Fsp3) is 0.211. The van der Waals surface area contributed by atoms with E-state index in [1.165, 1.54) is 11.8 Å². The Bertz CT molecular complexity index is 1890. The topological polar surface area (TPSA) is 109 Å². The summed E-state index contributed by atoms with van der Waals surface area (Å²) in [6.45, 7) is 5.90. The number of fused-ring (bicyclic) bond motifs is 3. The van der Waals surface area contributed by atoms with Crippen LogP contribution in [0.1, 0.15) is 43.6 Å². The summed E-state index contributed by atoms with van der Waals surface area (Å²) < 4.78 is 7.58. The quantitative estimate of drug-likeness (QED) is 0.0790. The van der Waals surface area contributed by atoms with Crippen LogP contribution < -0.4 is 16.2 Å². The Morgan fingerprint density at radius 3 is 2.54 bits per heavy atom. The maximum Gasteiger partial charge on any atom is 0.277 e. The molecule has 6 rings (SSSR count). The molecule has 0 atom stereocenters. The van der Waals surface area contributed by atoms with Gasteiger partial charge in [0, 0.05) is 49.0 Å². The summed E-state index contributed by atoms with van der Waals surface area (Å²) >= 11 is 0. The molecule has 3 aromatic heterocycles. The zero-order valence-electron chi connectivity index (χ0n) is 26.7. The minimum Gasteiger partial charge on any atom is -0.456 e. The lowest BCUT2D eigenvalue weighted by Crippen LogP contribution is -2.26. The smallest absolute Gasteiger partial charge is 0.277 e. The van der Waals surface area contributed by atoms with Crippen molar-refractivity contribution in [3.63, 3.8) is 0 Å². The number of hydrogen-bond acceptors (Lipinski definition) is 7. The first-order valence-corrected chi connectivity index (χ1v) is 15.6. The number of likely N-dealkylation sites (N-methyl/N-ethyl adjacent to an activating group) is 1. The minimum atomic E-state index is -0.104. The Morgan fingerprint density at radius 2 is 1.78 bits per heavy atom. The molecule has 0 spiro atoms. The summed E-state index contributed by atoms with van der Waals surface area (Å²) in [7, 11) is 1.92. The minimum absolute atomic E-state index is 0.104. The Kier molecular flexibility index (Phi) is 13.0. The number of rotatable bonds is 11. The van der Waals surface area contributed by atoms with E-state index in [4.69, 9.17) is 9.83 Å². The number of para-hydroxylation sites is 1. The fourth-order valence-electron chi connectivity index (χ4n) is 4.56. The van der Waals surface area contributed by atoms with Crippen molar-refractivity contribution in [3.05, 3.63) is 136 Å². The molecule has 1 saturated carbocycles. The first kappa shape index (κ1) is 33.6. The van der Waals surface area contributed by atoms with Crippen LogP contribution in [0.15, 0.2) is 118 Å². The Labute approximate surface area is 270 Å². The molecule has 1 aliphatic carbocycles. The van der Waals surface area contributed by atoms with Crippen LogP contribution in [0.5, 0.6) is 0 Å². The van der Waals surface area contributed by atoms with Crippen molar-refractivity contribution in [3.8, 4) is 0 Å². The molecular weight excluding hydrogens is 572 g/mol. The molecular formula is C38H42N6O2. The zero-order valence-corrected chi connectivity index (χ0v) is 26.7. The van der Waals surface area contributed by atoms with E-state index in [1.807, 2.05) is 75.6 Å². The van der Waals surface area contributed by atoms with Gasteiger partial charge in [0.1, 0.15) is 22.7 Å². The third kappa shape index (κ3) is 9.58. The molecule has 1 fully saturated rings. The second-order valence-corrected chi connectivity index (χ2v) is 10.2. The number of nitrogens with zero attached hydrogens (tertiary/aromatic N) is 3. The van der Waals surface area contributed by atoms with Gasteiger partial charge in [0.25, 0.3) is 5.56 Å². The highest BCUT2D eigenvalue weighted by atomic mass is 16.3. The average Bonchev–Trinajstić information content (AvgIpc) is 3.86. The lowest BCUT2D eigenvalue weighted by atomic mass is 10.1.